The summed E-state index contributed by atoms with van der Waals surface area (Å²) in [5.74, 6) is 0. The number of thiophene rings is 2. The fourth-order valence-electron chi connectivity index (χ4n) is 2.04. The Morgan fingerprint density at radius 2 is 1.68 bits per heavy atom. The van der Waals surface area contributed by atoms with Crippen LogP contribution in [0.4, 0.5) is 0 Å². The number of ether oxygens (including phenoxy) is 2. The molecule has 19 heavy (non-hydrogen) atoms. The summed E-state index contributed by atoms with van der Waals surface area (Å²) in [4.78, 5) is 3.89. The van der Waals surface area contributed by atoms with Gasteiger partial charge in [0.2, 0.25) is 0 Å². The first kappa shape index (κ1) is 14.1. The average molecular weight is 401 g/mol. The predicted molar refractivity (Wildman–Crippen MR) is 85.6 cm³/mol. The van der Waals surface area contributed by atoms with Crippen LogP contribution in [0, 0.1) is 5.41 Å². The van der Waals surface area contributed by atoms with Crippen molar-refractivity contribution in [3.63, 3.8) is 0 Å². The van der Waals surface area contributed by atoms with Crippen molar-refractivity contribution in [2.45, 2.75) is 20.1 Å². The third-order valence-corrected chi connectivity index (χ3v) is 8.10. The molecule has 1 saturated heterocycles. The Kier molecular flexibility index (Phi) is 4.06. The quantitative estimate of drug-likeness (QED) is 0.721. The molecule has 0 bridgehead atoms. The summed E-state index contributed by atoms with van der Waals surface area (Å²) in [7, 11) is 0. The molecule has 2 aromatic heterocycles. The third-order valence-electron chi connectivity index (χ3n) is 3.09. The molecule has 0 aromatic carbocycles. The fraction of sp³-hybridized carbons (Fsp3) is 0.429. The Labute approximate surface area is 134 Å². The van der Waals surface area contributed by atoms with Gasteiger partial charge in [0.1, 0.15) is 0 Å². The van der Waals surface area contributed by atoms with E-state index in [0.29, 0.717) is 22.5 Å². The van der Waals surface area contributed by atoms with Gasteiger partial charge in [-0.3, -0.25) is 0 Å². The zero-order valence-electron chi connectivity index (χ0n) is 11.4. The molecule has 0 aliphatic carbocycles. The van der Waals surface area contributed by atoms with E-state index in [2.05, 4.69) is 38.1 Å². The number of hydrogen-bond acceptors (Lipinski definition) is 4. The van der Waals surface area contributed by atoms with Crippen LogP contribution < -0.4 is 2.89 Å². The number of hydrogen-bond donors (Lipinski definition) is 0. The normalized spacial score (nSPS) is 19.9. The van der Waals surface area contributed by atoms with Gasteiger partial charge in [0.25, 0.3) is 0 Å². The average Bonchev–Trinajstić information content (AvgIpc) is 2.97. The van der Waals surface area contributed by atoms with Crippen molar-refractivity contribution in [1.82, 2.24) is 0 Å². The minimum atomic E-state index is -0.174. The standard InChI is InChI=1S/C14H15O2S2.Sn.3H/c1-14(2)8-15-13(16-9-14)12-6-5-11(18-12)10-4-3-7-17-10;;;;/h3-6,13H,8-9H2,1-2H3;;;;. The van der Waals surface area contributed by atoms with Gasteiger partial charge in [0.05, 0.1) is 0 Å². The summed E-state index contributed by atoms with van der Waals surface area (Å²) >= 11 is 4.32. The Hall–Kier alpha value is 0.119. The first-order valence-corrected chi connectivity index (χ1v) is 10.9. The van der Waals surface area contributed by atoms with Gasteiger partial charge >= 0.3 is 135 Å². The van der Waals surface area contributed by atoms with E-state index in [0.717, 1.165) is 13.2 Å². The van der Waals surface area contributed by atoms with Crippen LogP contribution in [0.15, 0.2) is 24.3 Å². The van der Waals surface area contributed by atoms with Crippen LogP contribution in [-0.4, -0.2) is 35.7 Å². The summed E-state index contributed by atoms with van der Waals surface area (Å²) in [6, 6.07) is 8.82. The van der Waals surface area contributed by atoms with E-state index >= 15 is 0 Å². The van der Waals surface area contributed by atoms with Gasteiger partial charge in [0, 0.05) is 0 Å². The molecule has 0 atom stereocenters. The molecule has 1 fully saturated rings. The van der Waals surface area contributed by atoms with Crippen LogP contribution in [0.5, 0.6) is 0 Å². The molecule has 2 nitrogen and oxygen atoms in total. The van der Waals surface area contributed by atoms with Crippen LogP contribution in [0.2, 0.25) is 0 Å². The zero-order chi connectivity index (χ0) is 13.5. The van der Waals surface area contributed by atoms with Crippen molar-refractivity contribution in [1.29, 1.82) is 0 Å². The molecule has 102 valence electrons. The van der Waals surface area contributed by atoms with E-state index in [1.807, 2.05) is 11.3 Å². The topological polar surface area (TPSA) is 18.5 Å². The van der Waals surface area contributed by atoms with Crippen LogP contribution >= 0.6 is 22.7 Å². The van der Waals surface area contributed by atoms with Crippen molar-refractivity contribution in [3.8, 4) is 9.75 Å². The Morgan fingerprint density at radius 3 is 2.32 bits per heavy atom. The Balaban J connectivity index is 1.75. The molecule has 1 aliphatic heterocycles. The SMILES string of the molecule is CC1(C)COC(c2ccc(-c3cc[c]([SnH3])s3)s2)OC1. The van der Waals surface area contributed by atoms with E-state index in [9.17, 15) is 0 Å². The molecule has 0 N–H and O–H groups in total. The van der Waals surface area contributed by atoms with Crippen molar-refractivity contribution in [2.75, 3.05) is 13.2 Å². The number of rotatable bonds is 2. The van der Waals surface area contributed by atoms with E-state index < -0.39 is 0 Å². The minimum absolute atomic E-state index is 0.133. The zero-order valence-corrected chi connectivity index (χ0v) is 18.8. The molecule has 0 amide bonds. The van der Waals surface area contributed by atoms with E-state index in [-0.39, 0.29) is 11.7 Å². The molecule has 3 heterocycles. The van der Waals surface area contributed by atoms with Gasteiger partial charge in [-0.1, -0.05) is 0 Å². The van der Waals surface area contributed by atoms with E-state index in [1.54, 1.807) is 14.2 Å². The van der Waals surface area contributed by atoms with Crippen LogP contribution in [0.1, 0.15) is 25.0 Å². The predicted octanol–water partition coefficient (Wildman–Crippen LogP) is 2.54. The molecule has 0 spiro atoms. The molecule has 1 aliphatic rings. The molecule has 5 heteroatoms. The van der Waals surface area contributed by atoms with Gasteiger partial charge in [-0.05, 0) is 0 Å². The molecule has 0 saturated carbocycles. The molecule has 3 rings (SSSR count). The summed E-state index contributed by atoms with van der Waals surface area (Å²) < 4.78 is 13.2. The van der Waals surface area contributed by atoms with Crippen LogP contribution in [0.3, 0.4) is 0 Å². The second-order valence-electron chi connectivity index (χ2n) is 5.73. The van der Waals surface area contributed by atoms with Gasteiger partial charge in [0.15, 0.2) is 0 Å². The monoisotopic (exact) mass is 402 g/mol. The summed E-state index contributed by atoms with van der Waals surface area (Å²) in [6.45, 7) is 5.86. The van der Waals surface area contributed by atoms with Crippen molar-refractivity contribution in [2.24, 2.45) is 5.41 Å². The van der Waals surface area contributed by atoms with Crippen LogP contribution in [0.25, 0.3) is 9.75 Å². The molecule has 0 unspecified atom stereocenters. The van der Waals surface area contributed by atoms with Crippen molar-refractivity contribution >= 4 is 48.1 Å². The van der Waals surface area contributed by atoms with E-state index in [1.165, 1.54) is 14.6 Å². The summed E-state index contributed by atoms with van der Waals surface area (Å²) in [6.07, 6.45) is -0.174. The second kappa shape index (κ2) is 5.48. The third kappa shape index (κ3) is 3.24. The van der Waals surface area contributed by atoms with Gasteiger partial charge in [-0.25, -0.2) is 0 Å². The van der Waals surface area contributed by atoms with Gasteiger partial charge in [-0.2, -0.15) is 0 Å². The fourth-order valence-corrected chi connectivity index (χ4v) is 6.36. The first-order valence-electron chi connectivity index (χ1n) is 6.43. The van der Waals surface area contributed by atoms with Crippen molar-refractivity contribution < 1.29 is 9.47 Å². The first-order chi connectivity index (χ1) is 9.03. The van der Waals surface area contributed by atoms with Crippen LogP contribution in [-0.2, 0) is 9.47 Å². The molecular formula is C14H18O2S2Sn. The summed E-state index contributed by atoms with van der Waals surface area (Å²) in [5, 5.41) is 0. The Bertz CT molecular complexity index is 564. The summed E-state index contributed by atoms with van der Waals surface area (Å²) in [5.41, 5.74) is 0.133. The molecule has 2 aromatic rings. The molecular weight excluding hydrogens is 383 g/mol. The maximum atomic E-state index is 5.84. The van der Waals surface area contributed by atoms with Gasteiger partial charge < -0.3 is 0 Å². The second-order valence-corrected chi connectivity index (χ2v) is 13.3. The Morgan fingerprint density at radius 1 is 1.05 bits per heavy atom. The van der Waals surface area contributed by atoms with E-state index in [4.69, 9.17) is 9.47 Å². The van der Waals surface area contributed by atoms with Gasteiger partial charge in [-0.15, -0.1) is 0 Å². The van der Waals surface area contributed by atoms with Crippen molar-refractivity contribution in [3.05, 3.63) is 29.1 Å². The maximum absolute atomic E-state index is 5.84. The molecule has 0 radical (unpaired) electrons.